The molecule has 4 heteroatoms. The molecule has 0 aliphatic rings. The van der Waals surface area contributed by atoms with E-state index >= 15 is 0 Å². The molecular weight excluding hydrogens is 231 g/mol. The Kier molecular flexibility index (Phi) is 4.10. The molecule has 0 fully saturated rings. The lowest BCUT2D eigenvalue weighted by atomic mass is 9.96. The zero-order valence-electron chi connectivity index (χ0n) is 10.6. The van der Waals surface area contributed by atoms with E-state index in [1.54, 1.807) is 6.20 Å². The predicted octanol–water partition coefficient (Wildman–Crippen LogP) is 3.30. The highest BCUT2D eigenvalue weighted by molar-refractivity contribution is 5.20. The number of hydrogen-bond acceptors (Lipinski definition) is 3. The molecule has 1 N–H and O–H groups in total. The highest BCUT2D eigenvalue weighted by Gasteiger charge is 2.15. The summed E-state index contributed by atoms with van der Waals surface area (Å²) >= 11 is 0. The standard InChI is InChI=1S/C14H17FN2O/c1-10(2)14(11-3-5-12(15)6-4-11)17-8-13-7-16-9-18-13/h3-7,9-10,14,17H,8H2,1-2H3. The van der Waals surface area contributed by atoms with Gasteiger partial charge in [-0.25, -0.2) is 9.37 Å². The normalized spacial score (nSPS) is 12.9. The average Bonchev–Trinajstić information content (AvgIpc) is 2.84. The third-order valence-corrected chi connectivity index (χ3v) is 2.88. The number of nitrogens with one attached hydrogen (secondary N) is 1. The summed E-state index contributed by atoms with van der Waals surface area (Å²) < 4.78 is 18.1. The van der Waals surface area contributed by atoms with Gasteiger partial charge in [0.15, 0.2) is 6.39 Å². The summed E-state index contributed by atoms with van der Waals surface area (Å²) in [5, 5.41) is 3.40. The quantitative estimate of drug-likeness (QED) is 0.882. The van der Waals surface area contributed by atoms with E-state index in [4.69, 9.17) is 4.42 Å². The molecule has 96 valence electrons. The van der Waals surface area contributed by atoms with Crippen molar-refractivity contribution in [3.05, 3.63) is 54.0 Å². The predicted molar refractivity (Wildman–Crippen MR) is 67.3 cm³/mol. The fourth-order valence-electron chi connectivity index (χ4n) is 1.95. The van der Waals surface area contributed by atoms with Crippen LogP contribution in [0.1, 0.15) is 31.2 Å². The van der Waals surface area contributed by atoms with E-state index in [0.29, 0.717) is 12.5 Å². The molecule has 0 aliphatic carbocycles. The maximum atomic E-state index is 12.9. The number of halogens is 1. The van der Waals surface area contributed by atoms with Gasteiger partial charge < -0.3 is 9.73 Å². The van der Waals surface area contributed by atoms with Crippen molar-refractivity contribution in [2.24, 2.45) is 5.92 Å². The van der Waals surface area contributed by atoms with Crippen LogP contribution in [0.4, 0.5) is 4.39 Å². The second kappa shape index (κ2) is 5.78. The first-order chi connectivity index (χ1) is 8.66. The van der Waals surface area contributed by atoms with E-state index in [2.05, 4.69) is 24.1 Å². The van der Waals surface area contributed by atoms with E-state index < -0.39 is 0 Å². The Balaban J connectivity index is 2.06. The highest BCUT2D eigenvalue weighted by Crippen LogP contribution is 2.22. The minimum absolute atomic E-state index is 0.163. The summed E-state index contributed by atoms with van der Waals surface area (Å²) in [5.74, 6) is 0.984. The lowest BCUT2D eigenvalue weighted by Gasteiger charge is -2.22. The molecule has 0 amide bonds. The summed E-state index contributed by atoms with van der Waals surface area (Å²) in [6.45, 7) is 4.86. The van der Waals surface area contributed by atoms with Crippen LogP contribution in [0, 0.1) is 11.7 Å². The van der Waals surface area contributed by atoms with Gasteiger partial charge in [0.2, 0.25) is 0 Å². The number of oxazole rings is 1. The number of benzene rings is 1. The first-order valence-electron chi connectivity index (χ1n) is 6.03. The highest BCUT2D eigenvalue weighted by atomic mass is 19.1. The van der Waals surface area contributed by atoms with Crippen LogP contribution in [-0.4, -0.2) is 4.98 Å². The Labute approximate surface area is 106 Å². The van der Waals surface area contributed by atoms with E-state index in [-0.39, 0.29) is 11.9 Å². The Bertz CT molecular complexity index is 465. The molecule has 0 bridgehead atoms. The molecule has 1 aromatic carbocycles. The smallest absolute Gasteiger partial charge is 0.180 e. The molecule has 2 rings (SSSR count). The second-order valence-electron chi connectivity index (χ2n) is 4.62. The van der Waals surface area contributed by atoms with Crippen LogP contribution in [0.15, 0.2) is 41.3 Å². The van der Waals surface area contributed by atoms with Gasteiger partial charge >= 0.3 is 0 Å². The minimum atomic E-state index is -0.212. The van der Waals surface area contributed by atoms with Crippen molar-refractivity contribution in [3.8, 4) is 0 Å². The van der Waals surface area contributed by atoms with Gasteiger partial charge in [0, 0.05) is 6.04 Å². The lowest BCUT2D eigenvalue weighted by molar-refractivity contribution is 0.383. The SMILES string of the molecule is CC(C)C(NCc1cnco1)c1ccc(F)cc1. The molecule has 0 radical (unpaired) electrons. The van der Waals surface area contributed by atoms with E-state index in [1.165, 1.54) is 18.5 Å². The fourth-order valence-corrected chi connectivity index (χ4v) is 1.95. The van der Waals surface area contributed by atoms with Crippen molar-refractivity contribution in [1.82, 2.24) is 10.3 Å². The van der Waals surface area contributed by atoms with Gasteiger partial charge in [0.1, 0.15) is 11.6 Å². The van der Waals surface area contributed by atoms with Crippen LogP contribution in [0.2, 0.25) is 0 Å². The molecular formula is C14H17FN2O. The molecule has 2 aromatic rings. The molecule has 1 unspecified atom stereocenters. The van der Waals surface area contributed by atoms with E-state index in [0.717, 1.165) is 11.3 Å². The third kappa shape index (κ3) is 3.17. The van der Waals surface area contributed by atoms with Crippen molar-refractivity contribution in [2.45, 2.75) is 26.4 Å². The maximum Gasteiger partial charge on any atom is 0.180 e. The number of aromatic nitrogens is 1. The fraction of sp³-hybridized carbons (Fsp3) is 0.357. The van der Waals surface area contributed by atoms with Crippen molar-refractivity contribution >= 4 is 0 Å². The Hall–Kier alpha value is -1.68. The zero-order valence-corrected chi connectivity index (χ0v) is 10.6. The van der Waals surface area contributed by atoms with Crippen LogP contribution in [0.5, 0.6) is 0 Å². The summed E-state index contributed by atoms with van der Waals surface area (Å²) in [5.41, 5.74) is 1.07. The van der Waals surface area contributed by atoms with Gasteiger partial charge in [-0.15, -0.1) is 0 Å². The Morgan fingerprint density at radius 3 is 2.56 bits per heavy atom. The van der Waals surface area contributed by atoms with E-state index in [1.807, 2.05) is 12.1 Å². The topological polar surface area (TPSA) is 38.1 Å². The Morgan fingerprint density at radius 2 is 2.00 bits per heavy atom. The minimum Gasteiger partial charge on any atom is -0.447 e. The van der Waals surface area contributed by atoms with Crippen LogP contribution >= 0.6 is 0 Å². The van der Waals surface area contributed by atoms with Gasteiger partial charge in [0.25, 0.3) is 0 Å². The molecule has 0 saturated carbocycles. The first-order valence-corrected chi connectivity index (χ1v) is 6.03. The summed E-state index contributed by atoms with van der Waals surface area (Å²) in [4.78, 5) is 3.87. The number of nitrogens with zero attached hydrogens (tertiary/aromatic N) is 1. The van der Waals surface area contributed by atoms with E-state index in [9.17, 15) is 4.39 Å². The summed E-state index contributed by atoms with van der Waals surface area (Å²) in [6, 6.07) is 6.76. The number of rotatable bonds is 5. The first kappa shape index (κ1) is 12.8. The molecule has 1 heterocycles. The molecule has 1 atom stereocenters. The van der Waals surface area contributed by atoms with Crippen molar-refractivity contribution in [2.75, 3.05) is 0 Å². The average molecular weight is 248 g/mol. The van der Waals surface area contributed by atoms with Gasteiger partial charge in [-0.05, 0) is 23.6 Å². The molecule has 18 heavy (non-hydrogen) atoms. The zero-order chi connectivity index (χ0) is 13.0. The lowest BCUT2D eigenvalue weighted by Crippen LogP contribution is -2.25. The van der Waals surface area contributed by atoms with Crippen LogP contribution in [0.25, 0.3) is 0 Å². The monoisotopic (exact) mass is 248 g/mol. The molecule has 3 nitrogen and oxygen atoms in total. The summed E-state index contributed by atoms with van der Waals surface area (Å²) in [7, 11) is 0. The molecule has 1 aromatic heterocycles. The number of hydrogen-bond donors (Lipinski definition) is 1. The van der Waals surface area contributed by atoms with Gasteiger partial charge in [-0.3, -0.25) is 0 Å². The van der Waals surface area contributed by atoms with Gasteiger partial charge in [0.05, 0.1) is 12.7 Å². The maximum absolute atomic E-state index is 12.9. The largest absolute Gasteiger partial charge is 0.447 e. The van der Waals surface area contributed by atoms with Crippen LogP contribution < -0.4 is 5.32 Å². The molecule has 0 aliphatic heterocycles. The van der Waals surface area contributed by atoms with Gasteiger partial charge in [-0.2, -0.15) is 0 Å². The van der Waals surface area contributed by atoms with Crippen molar-refractivity contribution in [3.63, 3.8) is 0 Å². The van der Waals surface area contributed by atoms with Crippen LogP contribution in [-0.2, 0) is 6.54 Å². The molecule has 0 spiro atoms. The van der Waals surface area contributed by atoms with Gasteiger partial charge in [-0.1, -0.05) is 26.0 Å². The molecule has 0 saturated heterocycles. The Morgan fingerprint density at radius 1 is 1.28 bits per heavy atom. The van der Waals surface area contributed by atoms with Crippen LogP contribution in [0.3, 0.4) is 0 Å². The van der Waals surface area contributed by atoms with Crippen molar-refractivity contribution < 1.29 is 8.81 Å². The van der Waals surface area contributed by atoms with Crippen molar-refractivity contribution in [1.29, 1.82) is 0 Å². The third-order valence-electron chi connectivity index (χ3n) is 2.88. The summed E-state index contributed by atoms with van der Waals surface area (Å²) in [6.07, 6.45) is 3.11. The second-order valence-corrected chi connectivity index (χ2v) is 4.62.